The first-order valence-electron chi connectivity index (χ1n) is 8.78. The van der Waals surface area contributed by atoms with Gasteiger partial charge in [-0.05, 0) is 66.7 Å². The molecule has 0 spiro atoms. The van der Waals surface area contributed by atoms with Crippen molar-refractivity contribution in [2.75, 3.05) is 13.2 Å². The van der Waals surface area contributed by atoms with Crippen molar-refractivity contribution in [3.63, 3.8) is 0 Å². The Morgan fingerprint density at radius 2 is 1.48 bits per heavy atom. The summed E-state index contributed by atoms with van der Waals surface area (Å²) in [6.45, 7) is 10.0. The van der Waals surface area contributed by atoms with E-state index in [0.717, 1.165) is 25.7 Å². The number of hydrogen-bond donors (Lipinski definition) is 1. The van der Waals surface area contributed by atoms with Crippen molar-refractivity contribution in [3.05, 3.63) is 34.9 Å². The first-order chi connectivity index (χ1) is 11.7. The zero-order valence-electron chi connectivity index (χ0n) is 16.2. The molecule has 0 radical (unpaired) electrons. The predicted molar refractivity (Wildman–Crippen MR) is 103 cm³/mol. The predicted octanol–water partition coefficient (Wildman–Crippen LogP) is 6.15. The van der Waals surface area contributed by atoms with Gasteiger partial charge in [-0.2, -0.15) is 0 Å². The Morgan fingerprint density at radius 3 is 2.00 bits per heavy atom. The topological polar surface area (TPSA) is 72.8 Å². The molecule has 0 aromatic carbocycles. The molecule has 0 heterocycles. The SMILES string of the molecule is CCOC(=O)P(=O)(O)OCC/C=C(\C)CC/C=C(\C)CCC=C(C)C. The van der Waals surface area contributed by atoms with Gasteiger partial charge in [-0.3, -0.25) is 0 Å². The third-order valence-corrected chi connectivity index (χ3v) is 4.62. The molecule has 0 fully saturated rings. The molecule has 5 nitrogen and oxygen atoms in total. The van der Waals surface area contributed by atoms with E-state index in [1.807, 2.05) is 13.0 Å². The van der Waals surface area contributed by atoms with Crippen LogP contribution in [0, 0.1) is 0 Å². The Kier molecular flexibility index (Phi) is 12.5. The van der Waals surface area contributed by atoms with Gasteiger partial charge in [-0.15, -0.1) is 0 Å². The molecule has 0 amide bonds. The molecule has 144 valence electrons. The molecule has 0 aromatic rings. The van der Waals surface area contributed by atoms with E-state index >= 15 is 0 Å². The number of rotatable bonds is 12. The maximum Gasteiger partial charge on any atom is 0.435 e. The zero-order valence-corrected chi connectivity index (χ0v) is 17.1. The second kappa shape index (κ2) is 13.1. The molecule has 6 heteroatoms. The molecule has 0 bridgehead atoms. The summed E-state index contributed by atoms with van der Waals surface area (Å²) in [6, 6.07) is 0. The molecular weight excluding hydrogens is 339 g/mol. The molecule has 0 aliphatic rings. The van der Waals surface area contributed by atoms with Crippen LogP contribution >= 0.6 is 7.60 Å². The quantitative estimate of drug-likeness (QED) is 0.252. The van der Waals surface area contributed by atoms with Crippen LogP contribution in [0.15, 0.2) is 34.9 Å². The maximum absolute atomic E-state index is 11.6. The summed E-state index contributed by atoms with van der Waals surface area (Å²) in [5.41, 5.74) is 2.75. The minimum absolute atomic E-state index is 0.0154. The van der Waals surface area contributed by atoms with Crippen LogP contribution in [0.4, 0.5) is 4.79 Å². The first kappa shape index (κ1) is 23.8. The van der Waals surface area contributed by atoms with Crippen LogP contribution in [0.3, 0.4) is 0 Å². The van der Waals surface area contributed by atoms with Crippen molar-refractivity contribution < 1.29 is 23.5 Å². The van der Waals surface area contributed by atoms with Gasteiger partial charge in [-0.1, -0.05) is 34.9 Å². The second-order valence-electron chi connectivity index (χ2n) is 6.30. The van der Waals surface area contributed by atoms with Crippen molar-refractivity contribution in [1.82, 2.24) is 0 Å². The lowest BCUT2D eigenvalue weighted by molar-refractivity contribution is 0.162. The zero-order chi connectivity index (χ0) is 19.3. The average molecular weight is 372 g/mol. The van der Waals surface area contributed by atoms with E-state index < -0.39 is 13.3 Å². The highest BCUT2D eigenvalue weighted by Crippen LogP contribution is 2.44. The van der Waals surface area contributed by atoms with Gasteiger partial charge >= 0.3 is 13.3 Å². The summed E-state index contributed by atoms with van der Waals surface area (Å²) < 4.78 is 20.8. The van der Waals surface area contributed by atoms with Gasteiger partial charge in [0.2, 0.25) is 0 Å². The summed E-state index contributed by atoms with van der Waals surface area (Å²) in [5, 5.41) is 0. The van der Waals surface area contributed by atoms with Gasteiger partial charge in [0, 0.05) is 0 Å². The van der Waals surface area contributed by atoms with Gasteiger partial charge in [0.15, 0.2) is 0 Å². The Morgan fingerprint density at radius 1 is 0.960 bits per heavy atom. The number of hydrogen-bond acceptors (Lipinski definition) is 4. The third kappa shape index (κ3) is 12.8. The largest absolute Gasteiger partial charge is 0.457 e. The van der Waals surface area contributed by atoms with Crippen LogP contribution in [0.25, 0.3) is 0 Å². The van der Waals surface area contributed by atoms with E-state index in [2.05, 4.69) is 37.7 Å². The highest BCUT2D eigenvalue weighted by molar-refractivity contribution is 7.70. The number of ether oxygens (including phenoxy) is 1. The standard InChI is InChI=1S/C19H33O5P/c1-6-23-19(20)25(21,22)24-15-9-14-18(5)13-8-12-17(4)11-7-10-16(2)3/h10,12,14H,6-9,11,13,15H2,1-5H3,(H,21,22)/b17-12+,18-14+. The smallest absolute Gasteiger partial charge is 0.435 e. The van der Waals surface area contributed by atoms with Crippen LogP contribution in [0.5, 0.6) is 0 Å². The van der Waals surface area contributed by atoms with Crippen LogP contribution in [0.1, 0.15) is 66.7 Å². The van der Waals surface area contributed by atoms with Crippen molar-refractivity contribution in [2.24, 2.45) is 0 Å². The van der Waals surface area contributed by atoms with Gasteiger partial charge in [0.05, 0.1) is 13.2 Å². The highest BCUT2D eigenvalue weighted by Gasteiger charge is 2.32. The summed E-state index contributed by atoms with van der Waals surface area (Å²) in [7, 11) is -4.32. The summed E-state index contributed by atoms with van der Waals surface area (Å²) in [5.74, 6) is 0. The number of carbonyl (C=O) groups is 1. The molecule has 0 rings (SSSR count). The van der Waals surface area contributed by atoms with Crippen LogP contribution in [-0.2, 0) is 13.8 Å². The van der Waals surface area contributed by atoms with E-state index in [4.69, 9.17) is 4.52 Å². The van der Waals surface area contributed by atoms with E-state index in [-0.39, 0.29) is 13.2 Å². The van der Waals surface area contributed by atoms with Crippen molar-refractivity contribution in [3.8, 4) is 0 Å². The third-order valence-electron chi connectivity index (χ3n) is 3.50. The molecular formula is C19H33O5P. The Labute approximate surface area is 152 Å². The van der Waals surface area contributed by atoms with Crippen molar-refractivity contribution >= 4 is 13.3 Å². The van der Waals surface area contributed by atoms with E-state index in [9.17, 15) is 14.3 Å². The lowest BCUT2D eigenvalue weighted by atomic mass is 10.1. The number of allylic oxidation sites excluding steroid dienone is 5. The molecule has 0 aliphatic carbocycles. The van der Waals surface area contributed by atoms with Crippen molar-refractivity contribution in [2.45, 2.75) is 66.7 Å². The van der Waals surface area contributed by atoms with E-state index in [1.165, 1.54) is 16.7 Å². The summed E-state index contributed by atoms with van der Waals surface area (Å²) in [4.78, 5) is 20.6. The fraction of sp³-hybridized carbons (Fsp3) is 0.632. The highest BCUT2D eigenvalue weighted by atomic mass is 31.2. The van der Waals surface area contributed by atoms with Gasteiger partial charge in [0.25, 0.3) is 0 Å². The molecule has 0 saturated heterocycles. The molecule has 0 aliphatic heterocycles. The van der Waals surface area contributed by atoms with Gasteiger partial charge in [0.1, 0.15) is 0 Å². The summed E-state index contributed by atoms with van der Waals surface area (Å²) in [6.07, 6.45) is 11.0. The molecule has 0 aromatic heterocycles. The minimum Gasteiger partial charge on any atom is -0.457 e. The normalized spacial score (nSPS) is 14.8. The van der Waals surface area contributed by atoms with Crippen LogP contribution in [-0.4, -0.2) is 23.8 Å². The van der Waals surface area contributed by atoms with Crippen LogP contribution in [0.2, 0.25) is 0 Å². The molecule has 1 N–H and O–H groups in total. The second-order valence-corrected chi connectivity index (χ2v) is 7.97. The lowest BCUT2D eigenvalue weighted by Crippen LogP contribution is -2.06. The molecule has 0 saturated carbocycles. The number of carbonyl (C=O) groups excluding carboxylic acids is 1. The van der Waals surface area contributed by atoms with E-state index in [1.54, 1.807) is 6.92 Å². The Hall–Kier alpha value is -1.16. The fourth-order valence-electron chi connectivity index (χ4n) is 2.08. The fourth-order valence-corrected chi connectivity index (χ4v) is 2.83. The first-order valence-corrected chi connectivity index (χ1v) is 10.4. The minimum atomic E-state index is -4.32. The molecule has 25 heavy (non-hydrogen) atoms. The molecule has 1 unspecified atom stereocenters. The Bertz CT molecular complexity index is 542. The monoisotopic (exact) mass is 372 g/mol. The van der Waals surface area contributed by atoms with E-state index in [0.29, 0.717) is 6.42 Å². The summed E-state index contributed by atoms with van der Waals surface area (Å²) >= 11 is 0. The lowest BCUT2D eigenvalue weighted by Gasteiger charge is -2.09. The molecule has 1 atom stereocenters. The van der Waals surface area contributed by atoms with Gasteiger partial charge in [-0.25, -0.2) is 9.36 Å². The van der Waals surface area contributed by atoms with Gasteiger partial charge < -0.3 is 14.2 Å². The van der Waals surface area contributed by atoms with Crippen molar-refractivity contribution in [1.29, 1.82) is 0 Å². The average Bonchev–Trinajstić information content (AvgIpc) is 2.51. The van der Waals surface area contributed by atoms with Crippen LogP contribution < -0.4 is 0 Å². The maximum atomic E-state index is 11.6. The Balaban J connectivity index is 4.08.